The van der Waals surface area contributed by atoms with Crippen LogP contribution in [0.5, 0.6) is 6.01 Å². The molecule has 0 aliphatic heterocycles. The van der Waals surface area contributed by atoms with Crippen LogP contribution in [0.1, 0.15) is 93.6 Å². The number of aliphatic hydroxyl groups is 1. The van der Waals surface area contributed by atoms with E-state index >= 15 is 0 Å². The lowest BCUT2D eigenvalue weighted by molar-refractivity contribution is -0.136. The standard InChI is InChI=1S/C23H33N3O3/c1-13(2)29-22-24-12-18(20(26-22)15-5-3-4-6-15)21(27)25-19-16-7-14-8-17(19)11-23(28,9-14)10-16/h12-17,19,28H,3-11H2,1-2H3,(H,25,27). The molecule has 5 aliphatic carbocycles. The van der Waals surface area contributed by atoms with E-state index in [4.69, 9.17) is 4.74 Å². The fourth-order valence-corrected chi connectivity index (χ4v) is 6.78. The van der Waals surface area contributed by atoms with Crippen LogP contribution in [0.15, 0.2) is 6.20 Å². The molecule has 1 aromatic rings. The van der Waals surface area contributed by atoms with Crippen LogP contribution in [0.3, 0.4) is 0 Å². The highest BCUT2D eigenvalue weighted by atomic mass is 16.5. The van der Waals surface area contributed by atoms with Crippen LogP contribution in [0, 0.1) is 17.8 Å². The molecule has 29 heavy (non-hydrogen) atoms. The summed E-state index contributed by atoms with van der Waals surface area (Å²) in [6, 6.07) is 0.539. The summed E-state index contributed by atoms with van der Waals surface area (Å²) in [7, 11) is 0. The van der Waals surface area contributed by atoms with Gasteiger partial charge in [-0.3, -0.25) is 4.79 Å². The molecule has 1 amide bonds. The fraction of sp³-hybridized carbons (Fsp3) is 0.783. The van der Waals surface area contributed by atoms with Crippen LogP contribution in [-0.4, -0.2) is 38.7 Å². The van der Waals surface area contributed by atoms with Crippen molar-refractivity contribution in [1.29, 1.82) is 0 Å². The lowest BCUT2D eigenvalue weighted by atomic mass is 9.52. The summed E-state index contributed by atoms with van der Waals surface area (Å²) in [5.41, 5.74) is 0.986. The summed E-state index contributed by atoms with van der Waals surface area (Å²) in [6.45, 7) is 3.92. The maximum absolute atomic E-state index is 13.3. The Balaban J connectivity index is 1.38. The number of nitrogens with zero attached hydrogens (tertiary/aromatic N) is 2. The van der Waals surface area contributed by atoms with Crippen molar-refractivity contribution < 1.29 is 14.6 Å². The second-order valence-corrected chi connectivity index (χ2v) is 10.3. The van der Waals surface area contributed by atoms with Crippen molar-refractivity contribution >= 4 is 5.91 Å². The maximum Gasteiger partial charge on any atom is 0.316 e. The third kappa shape index (κ3) is 3.65. The molecule has 0 radical (unpaired) electrons. The molecule has 1 heterocycles. The summed E-state index contributed by atoms with van der Waals surface area (Å²) < 4.78 is 5.71. The van der Waals surface area contributed by atoms with E-state index < -0.39 is 5.60 Å². The summed E-state index contributed by atoms with van der Waals surface area (Å²) in [4.78, 5) is 22.3. The van der Waals surface area contributed by atoms with Crippen LogP contribution in [0.25, 0.3) is 0 Å². The van der Waals surface area contributed by atoms with Gasteiger partial charge in [0.25, 0.3) is 5.91 Å². The molecule has 0 spiro atoms. The number of hydrogen-bond donors (Lipinski definition) is 2. The quantitative estimate of drug-likeness (QED) is 0.790. The van der Waals surface area contributed by atoms with Crippen molar-refractivity contribution in [2.75, 3.05) is 0 Å². The van der Waals surface area contributed by atoms with Crippen molar-refractivity contribution in [3.05, 3.63) is 17.5 Å². The third-order valence-electron chi connectivity index (χ3n) is 7.66. The van der Waals surface area contributed by atoms with Gasteiger partial charge >= 0.3 is 6.01 Å². The second kappa shape index (κ2) is 7.22. The van der Waals surface area contributed by atoms with E-state index in [1.54, 1.807) is 6.20 Å². The van der Waals surface area contributed by atoms with E-state index in [0.717, 1.165) is 50.6 Å². The average Bonchev–Trinajstić information content (AvgIpc) is 3.17. The predicted molar refractivity (Wildman–Crippen MR) is 109 cm³/mol. The molecule has 0 saturated heterocycles. The largest absolute Gasteiger partial charge is 0.461 e. The molecule has 6 heteroatoms. The number of hydrogen-bond acceptors (Lipinski definition) is 5. The molecule has 1 aromatic heterocycles. The minimum atomic E-state index is -0.480. The van der Waals surface area contributed by atoms with Gasteiger partial charge in [-0.05, 0) is 76.5 Å². The second-order valence-electron chi connectivity index (χ2n) is 10.3. The number of amides is 1. The van der Waals surface area contributed by atoms with E-state index in [0.29, 0.717) is 35.2 Å². The van der Waals surface area contributed by atoms with Gasteiger partial charge in [0.15, 0.2) is 0 Å². The first kappa shape index (κ1) is 19.3. The van der Waals surface area contributed by atoms with E-state index in [-0.39, 0.29) is 18.1 Å². The SMILES string of the molecule is CC(C)Oc1ncc(C(=O)NC2C3CC4CC2CC(O)(C4)C3)c(C2CCCC2)n1. The number of rotatable bonds is 5. The van der Waals surface area contributed by atoms with Crippen molar-refractivity contribution in [1.82, 2.24) is 15.3 Å². The maximum atomic E-state index is 13.3. The smallest absolute Gasteiger partial charge is 0.316 e. The Bertz CT molecular complexity index is 774. The normalized spacial score (nSPS) is 36.0. The molecular weight excluding hydrogens is 366 g/mol. The lowest BCUT2D eigenvalue weighted by Crippen LogP contribution is -2.61. The van der Waals surface area contributed by atoms with Crippen LogP contribution in [-0.2, 0) is 0 Å². The Hall–Kier alpha value is -1.69. The molecular formula is C23H33N3O3. The Morgan fingerprint density at radius 3 is 2.52 bits per heavy atom. The number of carbonyl (C=O) groups is 1. The molecule has 5 saturated carbocycles. The molecule has 2 N–H and O–H groups in total. The molecule has 5 aliphatic rings. The Labute approximate surface area is 172 Å². The average molecular weight is 400 g/mol. The summed E-state index contributed by atoms with van der Waals surface area (Å²) in [5.74, 6) is 1.69. The summed E-state index contributed by atoms with van der Waals surface area (Å²) in [5, 5.41) is 14.2. The van der Waals surface area contributed by atoms with Gasteiger partial charge in [0, 0.05) is 18.2 Å². The molecule has 0 aromatic carbocycles. The highest BCUT2D eigenvalue weighted by Gasteiger charge is 2.55. The Morgan fingerprint density at radius 2 is 1.90 bits per heavy atom. The van der Waals surface area contributed by atoms with Gasteiger partial charge in [0.1, 0.15) is 0 Å². The van der Waals surface area contributed by atoms with Crippen molar-refractivity contribution in [2.24, 2.45) is 17.8 Å². The monoisotopic (exact) mass is 399 g/mol. The highest BCUT2D eigenvalue weighted by Crippen LogP contribution is 2.55. The van der Waals surface area contributed by atoms with Crippen molar-refractivity contribution in [3.63, 3.8) is 0 Å². The van der Waals surface area contributed by atoms with Crippen molar-refractivity contribution in [3.8, 4) is 6.01 Å². The van der Waals surface area contributed by atoms with Crippen LogP contribution in [0.4, 0.5) is 0 Å². The molecule has 5 fully saturated rings. The van der Waals surface area contributed by atoms with E-state index in [1.165, 1.54) is 12.8 Å². The molecule has 2 unspecified atom stereocenters. The van der Waals surface area contributed by atoms with E-state index in [1.807, 2.05) is 13.8 Å². The first-order valence-electron chi connectivity index (χ1n) is 11.5. The zero-order valence-electron chi connectivity index (χ0n) is 17.6. The summed E-state index contributed by atoms with van der Waals surface area (Å²) >= 11 is 0. The highest BCUT2D eigenvalue weighted by molar-refractivity contribution is 5.95. The van der Waals surface area contributed by atoms with Gasteiger partial charge in [-0.15, -0.1) is 0 Å². The van der Waals surface area contributed by atoms with Gasteiger partial charge < -0.3 is 15.2 Å². The third-order valence-corrected chi connectivity index (χ3v) is 7.66. The van der Waals surface area contributed by atoms with Gasteiger partial charge in [-0.2, -0.15) is 4.98 Å². The van der Waals surface area contributed by atoms with Gasteiger partial charge in [-0.1, -0.05) is 12.8 Å². The molecule has 2 atom stereocenters. The van der Waals surface area contributed by atoms with Crippen LogP contribution >= 0.6 is 0 Å². The minimum Gasteiger partial charge on any atom is -0.461 e. The number of aromatic nitrogens is 2. The van der Waals surface area contributed by atoms with Crippen molar-refractivity contribution in [2.45, 2.75) is 95.3 Å². The van der Waals surface area contributed by atoms with Gasteiger partial charge in [0.2, 0.25) is 0 Å². The summed E-state index contributed by atoms with van der Waals surface area (Å²) in [6.07, 6.45) is 11.1. The minimum absolute atomic E-state index is 0.00459. The van der Waals surface area contributed by atoms with E-state index in [9.17, 15) is 9.90 Å². The molecule has 6 nitrogen and oxygen atoms in total. The molecule has 158 valence electrons. The zero-order valence-corrected chi connectivity index (χ0v) is 17.6. The van der Waals surface area contributed by atoms with Crippen LogP contribution in [0.2, 0.25) is 0 Å². The first-order valence-corrected chi connectivity index (χ1v) is 11.5. The molecule has 4 bridgehead atoms. The van der Waals surface area contributed by atoms with Crippen LogP contribution < -0.4 is 10.1 Å². The topological polar surface area (TPSA) is 84.3 Å². The Kier molecular flexibility index (Phi) is 4.80. The Morgan fingerprint density at radius 1 is 1.21 bits per heavy atom. The van der Waals surface area contributed by atoms with E-state index in [2.05, 4.69) is 15.3 Å². The molecule has 6 rings (SSSR count). The number of carbonyl (C=O) groups excluding carboxylic acids is 1. The zero-order chi connectivity index (χ0) is 20.2. The fourth-order valence-electron chi connectivity index (χ4n) is 6.78. The number of ether oxygens (including phenoxy) is 1. The van der Waals surface area contributed by atoms with Gasteiger partial charge in [-0.25, -0.2) is 4.98 Å². The lowest BCUT2D eigenvalue weighted by Gasteiger charge is -2.58. The number of nitrogens with one attached hydrogen (secondary N) is 1. The predicted octanol–water partition coefficient (Wildman–Crippen LogP) is 3.59. The van der Waals surface area contributed by atoms with Gasteiger partial charge in [0.05, 0.1) is 23.0 Å². The first-order chi connectivity index (χ1) is 13.9.